The number of hydrogen-bond acceptors (Lipinski definition) is 4. The zero-order valence-corrected chi connectivity index (χ0v) is 13.1. The SMILES string of the molecule is Cc1cccc(OCC(O)COc2cccc3c2CCC3=O)c1. The molecule has 1 unspecified atom stereocenters. The molecule has 0 heterocycles. The molecule has 0 aliphatic heterocycles. The van der Waals surface area contributed by atoms with Crippen LogP contribution in [0.1, 0.15) is 27.9 Å². The fourth-order valence-corrected chi connectivity index (χ4v) is 2.72. The highest BCUT2D eigenvalue weighted by molar-refractivity contribution is 6.01. The average Bonchev–Trinajstić information content (AvgIpc) is 2.93. The summed E-state index contributed by atoms with van der Waals surface area (Å²) < 4.78 is 11.3. The molecule has 0 saturated heterocycles. The van der Waals surface area contributed by atoms with Crippen LogP contribution in [0.4, 0.5) is 0 Å². The van der Waals surface area contributed by atoms with Gasteiger partial charge in [-0.2, -0.15) is 0 Å². The molecule has 3 rings (SSSR count). The maximum atomic E-state index is 11.7. The first-order valence-electron chi connectivity index (χ1n) is 7.79. The second-order valence-corrected chi connectivity index (χ2v) is 5.80. The molecule has 2 aromatic carbocycles. The van der Waals surface area contributed by atoms with Crippen LogP contribution in [0.5, 0.6) is 11.5 Å². The minimum absolute atomic E-state index is 0.135. The number of hydrogen-bond donors (Lipinski definition) is 1. The fraction of sp³-hybridized carbons (Fsp3) is 0.316. The van der Waals surface area contributed by atoms with E-state index in [2.05, 4.69) is 0 Å². The highest BCUT2D eigenvalue weighted by atomic mass is 16.5. The minimum Gasteiger partial charge on any atom is -0.491 e. The lowest BCUT2D eigenvalue weighted by Crippen LogP contribution is -2.25. The molecule has 0 amide bonds. The summed E-state index contributed by atoms with van der Waals surface area (Å²) in [6, 6.07) is 13.2. The maximum Gasteiger partial charge on any atom is 0.163 e. The Morgan fingerprint density at radius 1 is 1.09 bits per heavy atom. The number of aliphatic hydroxyl groups excluding tert-OH is 1. The van der Waals surface area contributed by atoms with E-state index in [1.54, 1.807) is 0 Å². The summed E-state index contributed by atoms with van der Waals surface area (Å²) in [5.74, 6) is 1.58. The van der Waals surface area contributed by atoms with Crippen LogP contribution in [0.2, 0.25) is 0 Å². The van der Waals surface area contributed by atoms with Crippen LogP contribution < -0.4 is 9.47 Å². The molecule has 0 aromatic heterocycles. The van der Waals surface area contributed by atoms with Gasteiger partial charge in [-0.25, -0.2) is 0 Å². The molecule has 1 atom stereocenters. The van der Waals surface area contributed by atoms with E-state index in [1.807, 2.05) is 49.4 Å². The Morgan fingerprint density at radius 2 is 1.87 bits per heavy atom. The van der Waals surface area contributed by atoms with Crippen LogP contribution >= 0.6 is 0 Å². The van der Waals surface area contributed by atoms with Crippen LogP contribution in [0.3, 0.4) is 0 Å². The van der Waals surface area contributed by atoms with Gasteiger partial charge < -0.3 is 14.6 Å². The highest BCUT2D eigenvalue weighted by Crippen LogP contribution is 2.30. The third-order valence-corrected chi connectivity index (χ3v) is 3.90. The van der Waals surface area contributed by atoms with Gasteiger partial charge in [0, 0.05) is 17.5 Å². The average molecular weight is 312 g/mol. The molecule has 0 radical (unpaired) electrons. The van der Waals surface area contributed by atoms with Gasteiger partial charge in [-0.15, -0.1) is 0 Å². The lowest BCUT2D eigenvalue weighted by molar-refractivity contribution is 0.0623. The molecule has 0 bridgehead atoms. The van der Waals surface area contributed by atoms with E-state index in [0.29, 0.717) is 18.6 Å². The van der Waals surface area contributed by atoms with Crippen molar-refractivity contribution in [1.82, 2.24) is 0 Å². The monoisotopic (exact) mass is 312 g/mol. The number of aliphatic hydroxyl groups is 1. The van der Waals surface area contributed by atoms with Crippen LogP contribution in [0.15, 0.2) is 42.5 Å². The van der Waals surface area contributed by atoms with Gasteiger partial charge in [-0.05, 0) is 37.1 Å². The number of carbonyl (C=O) groups is 1. The first-order valence-corrected chi connectivity index (χ1v) is 7.79. The molecular weight excluding hydrogens is 292 g/mol. The fourth-order valence-electron chi connectivity index (χ4n) is 2.72. The van der Waals surface area contributed by atoms with Crippen molar-refractivity contribution >= 4 is 5.78 Å². The smallest absolute Gasteiger partial charge is 0.163 e. The van der Waals surface area contributed by atoms with Crippen LogP contribution in [0.25, 0.3) is 0 Å². The van der Waals surface area contributed by atoms with Crippen molar-refractivity contribution in [2.75, 3.05) is 13.2 Å². The summed E-state index contributed by atoms with van der Waals surface area (Å²) in [7, 11) is 0. The molecule has 1 aliphatic rings. The largest absolute Gasteiger partial charge is 0.491 e. The Balaban J connectivity index is 1.54. The predicted octanol–water partition coefficient (Wildman–Crippen LogP) is 2.94. The summed E-state index contributed by atoms with van der Waals surface area (Å²) in [5.41, 5.74) is 2.80. The summed E-state index contributed by atoms with van der Waals surface area (Å²) >= 11 is 0. The molecule has 1 N–H and O–H groups in total. The van der Waals surface area contributed by atoms with Crippen molar-refractivity contribution in [3.8, 4) is 11.5 Å². The number of aryl methyl sites for hydroxylation is 1. The van der Waals surface area contributed by atoms with Crippen molar-refractivity contribution in [3.63, 3.8) is 0 Å². The van der Waals surface area contributed by atoms with E-state index in [4.69, 9.17) is 9.47 Å². The molecule has 2 aromatic rings. The molecule has 1 aliphatic carbocycles. The normalized spacial score (nSPS) is 14.4. The van der Waals surface area contributed by atoms with Crippen molar-refractivity contribution < 1.29 is 19.4 Å². The Kier molecular flexibility index (Phi) is 4.63. The van der Waals surface area contributed by atoms with Gasteiger partial charge in [-0.3, -0.25) is 4.79 Å². The zero-order valence-electron chi connectivity index (χ0n) is 13.1. The van der Waals surface area contributed by atoms with Gasteiger partial charge in [0.05, 0.1) is 0 Å². The lowest BCUT2D eigenvalue weighted by Gasteiger charge is -2.15. The van der Waals surface area contributed by atoms with Gasteiger partial charge in [0.1, 0.15) is 30.8 Å². The van der Waals surface area contributed by atoms with Crippen molar-refractivity contribution in [3.05, 3.63) is 59.2 Å². The third-order valence-electron chi connectivity index (χ3n) is 3.90. The number of fused-ring (bicyclic) bond motifs is 1. The van der Waals surface area contributed by atoms with E-state index in [0.717, 1.165) is 22.4 Å². The number of benzene rings is 2. The number of ether oxygens (including phenoxy) is 2. The topological polar surface area (TPSA) is 55.8 Å². The molecule has 0 spiro atoms. The summed E-state index contributed by atoms with van der Waals surface area (Å²) in [5, 5.41) is 10.0. The standard InChI is InChI=1S/C19H20O4/c1-13-4-2-5-15(10-13)22-11-14(20)12-23-19-7-3-6-16-17(19)8-9-18(16)21/h2-7,10,14,20H,8-9,11-12H2,1H3. The van der Waals surface area contributed by atoms with Crippen LogP contribution in [-0.4, -0.2) is 30.2 Å². The first kappa shape index (κ1) is 15.6. The number of Topliss-reactive ketones (excluding diaryl/α,β-unsaturated/α-hetero) is 1. The van der Waals surface area contributed by atoms with Crippen molar-refractivity contribution in [2.45, 2.75) is 25.9 Å². The first-order chi connectivity index (χ1) is 11.1. The van der Waals surface area contributed by atoms with E-state index < -0.39 is 6.10 Å². The van der Waals surface area contributed by atoms with E-state index in [-0.39, 0.29) is 19.0 Å². The van der Waals surface area contributed by atoms with E-state index in [9.17, 15) is 9.90 Å². The lowest BCUT2D eigenvalue weighted by atomic mass is 10.1. The molecule has 120 valence electrons. The third kappa shape index (κ3) is 3.71. The molecular formula is C19H20O4. The minimum atomic E-state index is -0.733. The Morgan fingerprint density at radius 3 is 2.70 bits per heavy atom. The Hall–Kier alpha value is -2.33. The second-order valence-electron chi connectivity index (χ2n) is 5.80. The van der Waals surface area contributed by atoms with Gasteiger partial charge in [0.15, 0.2) is 5.78 Å². The van der Waals surface area contributed by atoms with Gasteiger partial charge in [0.25, 0.3) is 0 Å². The van der Waals surface area contributed by atoms with Crippen LogP contribution in [-0.2, 0) is 6.42 Å². The molecule has 0 saturated carbocycles. The Labute approximate surface area is 135 Å². The van der Waals surface area contributed by atoms with Gasteiger partial charge in [-0.1, -0.05) is 24.3 Å². The molecule has 0 fully saturated rings. The number of ketones is 1. The van der Waals surface area contributed by atoms with Crippen molar-refractivity contribution in [1.29, 1.82) is 0 Å². The summed E-state index contributed by atoms with van der Waals surface area (Å²) in [6.07, 6.45) is 0.512. The molecule has 4 heteroatoms. The zero-order chi connectivity index (χ0) is 16.2. The second kappa shape index (κ2) is 6.84. The highest BCUT2D eigenvalue weighted by Gasteiger charge is 2.22. The molecule has 4 nitrogen and oxygen atoms in total. The summed E-state index contributed by atoms with van der Waals surface area (Å²) in [4.78, 5) is 11.7. The molecule has 23 heavy (non-hydrogen) atoms. The van der Waals surface area contributed by atoms with Crippen LogP contribution in [0, 0.1) is 6.92 Å². The predicted molar refractivity (Wildman–Crippen MR) is 87.3 cm³/mol. The van der Waals surface area contributed by atoms with E-state index in [1.165, 1.54) is 0 Å². The quantitative estimate of drug-likeness (QED) is 0.891. The van der Waals surface area contributed by atoms with E-state index >= 15 is 0 Å². The summed E-state index contributed by atoms with van der Waals surface area (Å²) in [6.45, 7) is 2.29. The van der Waals surface area contributed by atoms with Crippen molar-refractivity contribution in [2.24, 2.45) is 0 Å². The van der Waals surface area contributed by atoms with Gasteiger partial charge in [0.2, 0.25) is 0 Å². The maximum absolute atomic E-state index is 11.7. The van der Waals surface area contributed by atoms with Gasteiger partial charge >= 0.3 is 0 Å². The number of carbonyl (C=O) groups excluding carboxylic acids is 1. The number of rotatable bonds is 6. The Bertz CT molecular complexity index is 708.